The number of benzene rings is 1. The first-order valence-corrected chi connectivity index (χ1v) is 9.24. The Morgan fingerprint density at radius 3 is 2.89 bits per heavy atom. The van der Waals surface area contributed by atoms with E-state index >= 15 is 0 Å². The number of rotatable bonds is 4. The maximum atomic E-state index is 12.8. The number of carbonyl (C=O) groups excluding carboxylic acids is 1. The maximum Gasteiger partial charge on any atom is 0.276 e. The van der Waals surface area contributed by atoms with Crippen LogP contribution in [0.2, 0.25) is 0 Å². The molecule has 27 heavy (non-hydrogen) atoms. The predicted molar refractivity (Wildman–Crippen MR) is 100 cm³/mol. The molecule has 1 saturated heterocycles. The molecular formula is C20H24N4O3. The summed E-state index contributed by atoms with van der Waals surface area (Å²) in [6.45, 7) is 4.43. The average Bonchev–Trinajstić information content (AvgIpc) is 3.37. The van der Waals surface area contributed by atoms with E-state index in [1.165, 1.54) is 16.7 Å². The molecular weight excluding hydrogens is 344 g/mol. The van der Waals surface area contributed by atoms with Crippen LogP contribution in [-0.2, 0) is 9.47 Å². The number of methoxy groups -OCH3 is 1. The van der Waals surface area contributed by atoms with Gasteiger partial charge in [0.05, 0.1) is 19.4 Å². The minimum Gasteiger partial charge on any atom is -0.377 e. The van der Waals surface area contributed by atoms with Gasteiger partial charge in [0.1, 0.15) is 12.1 Å². The maximum absolute atomic E-state index is 12.8. The van der Waals surface area contributed by atoms with E-state index in [9.17, 15) is 4.79 Å². The van der Waals surface area contributed by atoms with Crippen LogP contribution in [0, 0.1) is 6.92 Å². The van der Waals surface area contributed by atoms with Crippen LogP contribution in [0.3, 0.4) is 0 Å². The predicted octanol–water partition coefficient (Wildman–Crippen LogP) is 2.10. The highest BCUT2D eigenvalue weighted by Crippen LogP contribution is 2.26. The zero-order valence-electron chi connectivity index (χ0n) is 15.7. The first kappa shape index (κ1) is 17.9. The third-order valence-electron chi connectivity index (χ3n) is 5.36. The Labute approximate surface area is 158 Å². The van der Waals surface area contributed by atoms with Crippen LogP contribution in [0.1, 0.15) is 34.1 Å². The van der Waals surface area contributed by atoms with Crippen LogP contribution < -0.4 is 0 Å². The number of nitrogens with zero attached hydrogens (tertiary/aromatic N) is 4. The minimum atomic E-state index is -0.0887. The molecule has 4 rings (SSSR count). The van der Waals surface area contributed by atoms with Crippen LogP contribution in [0.15, 0.2) is 36.5 Å². The number of ether oxygens (including phenoxy) is 2. The summed E-state index contributed by atoms with van der Waals surface area (Å²) in [5.74, 6) is -0.0887. The van der Waals surface area contributed by atoms with E-state index in [0.29, 0.717) is 32.0 Å². The van der Waals surface area contributed by atoms with Gasteiger partial charge in [0.25, 0.3) is 5.91 Å². The summed E-state index contributed by atoms with van der Waals surface area (Å²) in [4.78, 5) is 14.6. The minimum absolute atomic E-state index is 0.0436. The highest BCUT2D eigenvalue weighted by molar-refractivity contribution is 5.92. The topological polar surface area (TPSA) is 69.5 Å². The zero-order chi connectivity index (χ0) is 18.8. The molecule has 1 fully saturated rings. The van der Waals surface area contributed by atoms with Gasteiger partial charge in [-0.15, -0.1) is 5.10 Å². The lowest BCUT2D eigenvalue weighted by Gasteiger charge is -2.26. The molecule has 0 spiro atoms. The lowest BCUT2D eigenvalue weighted by atomic mass is 9.95. The second-order valence-corrected chi connectivity index (χ2v) is 7.01. The number of aryl methyl sites for hydroxylation is 1. The Balaban J connectivity index is 1.45. The van der Waals surface area contributed by atoms with Crippen molar-refractivity contribution in [3.05, 3.63) is 53.4 Å². The average molecular weight is 368 g/mol. The largest absolute Gasteiger partial charge is 0.377 e. The van der Waals surface area contributed by atoms with Crippen LogP contribution in [0.4, 0.5) is 0 Å². The normalized spacial score (nSPS) is 22.7. The third-order valence-corrected chi connectivity index (χ3v) is 5.36. The lowest BCUT2D eigenvalue weighted by Crippen LogP contribution is -2.35. The standard InChI is InChI=1S/C20H24N4O3/c1-14-5-3-4-6-16(14)15-7-9-23(10-8-15)20(25)17-11-24(22-21-17)18-12-27-13-19(18)26-2/h3-7,11,18-19H,8-10,12-13H2,1-2H3/t18-,19-/m1/s1. The van der Waals surface area contributed by atoms with Gasteiger partial charge in [0.15, 0.2) is 5.69 Å². The van der Waals surface area contributed by atoms with Gasteiger partial charge in [-0.2, -0.15) is 0 Å². The Morgan fingerprint density at radius 1 is 1.30 bits per heavy atom. The molecule has 2 aromatic rings. The second kappa shape index (κ2) is 7.62. The quantitative estimate of drug-likeness (QED) is 0.827. The first-order valence-electron chi connectivity index (χ1n) is 9.24. The Bertz CT molecular complexity index is 860. The third kappa shape index (κ3) is 3.52. The van der Waals surface area contributed by atoms with Gasteiger partial charge in [-0.1, -0.05) is 35.6 Å². The van der Waals surface area contributed by atoms with Gasteiger partial charge >= 0.3 is 0 Å². The number of amides is 1. The molecule has 142 valence electrons. The monoisotopic (exact) mass is 368 g/mol. The molecule has 0 saturated carbocycles. The lowest BCUT2D eigenvalue weighted by molar-refractivity contribution is 0.0661. The summed E-state index contributed by atoms with van der Waals surface area (Å²) >= 11 is 0. The number of aromatic nitrogens is 3. The molecule has 0 aliphatic carbocycles. The number of hydrogen-bond acceptors (Lipinski definition) is 5. The zero-order valence-corrected chi connectivity index (χ0v) is 15.7. The van der Waals surface area contributed by atoms with Gasteiger partial charge in [-0.25, -0.2) is 4.68 Å². The molecule has 0 radical (unpaired) electrons. The molecule has 2 atom stereocenters. The summed E-state index contributed by atoms with van der Waals surface area (Å²) in [7, 11) is 1.65. The van der Waals surface area contributed by atoms with E-state index < -0.39 is 0 Å². The van der Waals surface area contributed by atoms with Crippen molar-refractivity contribution in [2.45, 2.75) is 25.5 Å². The fourth-order valence-corrected chi connectivity index (χ4v) is 3.73. The fourth-order valence-electron chi connectivity index (χ4n) is 3.73. The van der Waals surface area contributed by atoms with E-state index in [-0.39, 0.29) is 18.1 Å². The van der Waals surface area contributed by atoms with Gasteiger partial charge < -0.3 is 14.4 Å². The number of hydrogen-bond donors (Lipinski definition) is 0. The second-order valence-electron chi connectivity index (χ2n) is 7.01. The van der Waals surface area contributed by atoms with Gasteiger partial charge in [0.2, 0.25) is 0 Å². The van der Waals surface area contributed by atoms with Crippen molar-refractivity contribution in [3.8, 4) is 0 Å². The molecule has 0 unspecified atom stereocenters. The van der Waals surface area contributed by atoms with Crippen LogP contribution in [-0.4, -0.2) is 65.3 Å². The molecule has 1 aromatic carbocycles. The molecule has 1 amide bonds. The summed E-state index contributed by atoms with van der Waals surface area (Å²) in [5.41, 5.74) is 4.19. The smallest absolute Gasteiger partial charge is 0.276 e. The van der Waals surface area contributed by atoms with Crippen LogP contribution in [0.5, 0.6) is 0 Å². The van der Waals surface area contributed by atoms with Crippen molar-refractivity contribution >= 4 is 11.5 Å². The fraction of sp³-hybridized carbons (Fsp3) is 0.450. The van der Waals surface area contributed by atoms with Gasteiger partial charge in [-0.05, 0) is 30.0 Å². The van der Waals surface area contributed by atoms with E-state index in [1.54, 1.807) is 18.0 Å². The Hall–Kier alpha value is -2.51. The van der Waals surface area contributed by atoms with Crippen LogP contribution in [0.25, 0.3) is 5.57 Å². The van der Waals surface area contributed by atoms with E-state index in [1.807, 2.05) is 11.0 Å². The van der Waals surface area contributed by atoms with Crippen LogP contribution >= 0.6 is 0 Å². The van der Waals surface area contributed by atoms with Crippen molar-refractivity contribution in [2.75, 3.05) is 33.4 Å². The Kier molecular flexibility index (Phi) is 5.05. The molecule has 0 bridgehead atoms. The van der Waals surface area contributed by atoms with E-state index in [4.69, 9.17) is 9.47 Å². The van der Waals surface area contributed by atoms with Crippen molar-refractivity contribution in [3.63, 3.8) is 0 Å². The highest BCUT2D eigenvalue weighted by Gasteiger charge is 2.32. The Morgan fingerprint density at radius 2 is 2.15 bits per heavy atom. The molecule has 2 aliphatic rings. The summed E-state index contributed by atoms with van der Waals surface area (Å²) in [5, 5.41) is 8.22. The van der Waals surface area contributed by atoms with E-state index in [2.05, 4.69) is 41.5 Å². The molecule has 3 heterocycles. The van der Waals surface area contributed by atoms with Crippen molar-refractivity contribution in [2.24, 2.45) is 0 Å². The molecule has 1 aromatic heterocycles. The molecule has 0 N–H and O–H groups in total. The first-order chi connectivity index (χ1) is 13.2. The van der Waals surface area contributed by atoms with Crippen molar-refractivity contribution in [1.29, 1.82) is 0 Å². The van der Waals surface area contributed by atoms with Gasteiger partial charge in [0, 0.05) is 20.2 Å². The van der Waals surface area contributed by atoms with Crippen molar-refractivity contribution in [1.82, 2.24) is 19.9 Å². The van der Waals surface area contributed by atoms with E-state index in [0.717, 1.165) is 6.42 Å². The summed E-state index contributed by atoms with van der Waals surface area (Å²) in [6.07, 6.45) is 4.62. The van der Waals surface area contributed by atoms with Gasteiger partial charge in [-0.3, -0.25) is 4.79 Å². The molecule has 2 aliphatic heterocycles. The summed E-state index contributed by atoms with van der Waals surface area (Å²) in [6, 6.07) is 8.31. The highest BCUT2D eigenvalue weighted by atomic mass is 16.5. The summed E-state index contributed by atoms with van der Waals surface area (Å²) < 4.78 is 12.5. The molecule has 7 heteroatoms. The SMILES string of the molecule is CO[C@@H]1COC[C@H]1n1cc(C(=O)N2CC=C(c3ccccc3C)CC2)nn1. The van der Waals surface area contributed by atoms with Crippen molar-refractivity contribution < 1.29 is 14.3 Å². The number of carbonyl (C=O) groups is 1. The molecule has 7 nitrogen and oxygen atoms in total.